The lowest BCUT2D eigenvalue weighted by Crippen LogP contribution is -2.09. The van der Waals surface area contributed by atoms with Gasteiger partial charge in [-0.3, -0.25) is 4.79 Å². The number of esters is 2. The van der Waals surface area contributed by atoms with Crippen molar-refractivity contribution in [2.75, 3.05) is 7.11 Å². The van der Waals surface area contributed by atoms with E-state index in [0.717, 1.165) is 19.3 Å². The van der Waals surface area contributed by atoms with Gasteiger partial charge in [0.15, 0.2) is 0 Å². The molecular formula is C18H26O5. The highest BCUT2D eigenvalue weighted by atomic mass is 16.5. The molecule has 0 aliphatic carbocycles. The molecule has 0 aliphatic heterocycles. The largest absolute Gasteiger partial charge is 0.507 e. The zero-order chi connectivity index (χ0) is 17.1. The van der Waals surface area contributed by atoms with Gasteiger partial charge >= 0.3 is 11.9 Å². The molecule has 0 fully saturated rings. The molecule has 23 heavy (non-hydrogen) atoms. The highest BCUT2D eigenvalue weighted by molar-refractivity contribution is 5.93. The fourth-order valence-corrected chi connectivity index (χ4v) is 2.26. The van der Waals surface area contributed by atoms with E-state index in [0.29, 0.717) is 6.42 Å². The Morgan fingerprint density at radius 2 is 1.70 bits per heavy atom. The van der Waals surface area contributed by atoms with Crippen molar-refractivity contribution in [3.8, 4) is 11.5 Å². The summed E-state index contributed by atoms with van der Waals surface area (Å²) in [5.41, 5.74) is -0.0197. The standard InChI is InChI=1S/C18H26O5/c1-3-4-5-6-7-8-9-10-17(20)23-14-11-12-16(19)15(13-14)18(21)22-2/h11-13,19H,3-10H2,1-2H3. The lowest BCUT2D eigenvalue weighted by molar-refractivity contribution is -0.134. The Labute approximate surface area is 137 Å². The third kappa shape index (κ3) is 7.17. The van der Waals surface area contributed by atoms with Crippen molar-refractivity contribution in [3.05, 3.63) is 23.8 Å². The molecule has 0 aliphatic rings. The summed E-state index contributed by atoms with van der Waals surface area (Å²) in [6, 6.07) is 4.07. The number of methoxy groups -OCH3 is 1. The maximum atomic E-state index is 11.8. The number of carbonyl (C=O) groups excluding carboxylic acids is 2. The van der Waals surface area contributed by atoms with Crippen LogP contribution in [0.5, 0.6) is 11.5 Å². The molecule has 0 amide bonds. The smallest absolute Gasteiger partial charge is 0.341 e. The molecule has 0 saturated heterocycles. The summed E-state index contributed by atoms with van der Waals surface area (Å²) in [4.78, 5) is 23.3. The molecular weight excluding hydrogens is 296 g/mol. The van der Waals surface area contributed by atoms with Gasteiger partial charge in [0.2, 0.25) is 0 Å². The Kier molecular flexibility index (Phi) is 8.80. The molecule has 1 N–H and O–H groups in total. The molecule has 0 spiro atoms. The normalized spacial score (nSPS) is 10.3. The molecule has 0 atom stereocenters. The van der Waals surface area contributed by atoms with Gasteiger partial charge in [0, 0.05) is 6.42 Å². The summed E-state index contributed by atoms with van der Waals surface area (Å²) in [6.45, 7) is 2.19. The predicted octanol–water partition coefficient (Wildman–Crippen LogP) is 4.22. The minimum absolute atomic E-state index is 0.0197. The van der Waals surface area contributed by atoms with Crippen LogP contribution in [0.25, 0.3) is 0 Å². The van der Waals surface area contributed by atoms with Gasteiger partial charge in [0.05, 0.1) is 7.11 Å². The van der Waals surface area contributed by atoms with Crippen LogP contribution in [0.15, 0.2) is 18.2 Å². The average Bonchev–Trinajstić information content (AvgIpc) is 2.55. The number of unbranched alkanes of at least 4 members (excludes halogenated alkanes) is 6. The predicted molar refractivity (Wildman–Crippen MR) is 87.7 cm³/mol. The number of phenols is 1. The molecule has 1 rings (SSSR count). The maximum Gasteiger partial charge on any atom is 0.341 e. The first-order valence-corrected chi connectivity index (χ1v) is 8.20. The van der Waals surface area contributed by atoms with E-state index in [4.69, 9.17) is 4.74 Å². The highest BCUT2D eigenvalue weighted by Gasteiger charge is 2.14. The second-order valence-electron chi connectivity index (χ2n) is 5.52. The van der Waals surface area contributed by atoms with Gasteiger partial charge in [-0.1, -0.05) is 45.4 Å². The van der Waals surface area contributed by atoms with Gasteiger partial charge < -0.3 is 14.6 Å². The number of phenolic OH excluding ortho intramolecular Hbond substituents is 1. The summed E-state index contributed by atoms with van der Waals surface area (Å²) in [5.74, 6) is -0.979. The topological polar surface area (TPSA) is 72.8 Å². The van der Waals surface area contributed by atoms with Crippen molar-refractivity contribution < 1.29 is 24.2 Å². The van der Waals surface area contributed by atoms with Gasteiger partial charge in [-0.25, -0.2) is 4.79 Å². The van der Waals surface area contributed by atoms with Crippen LogP contribution in [0, 0.1) is 0 Å². The highest BCUT2D eigenvalue weighted by Crippen LogP contribution is 2.24. The van der Waals surface area contributed by atoms with Gasteiger partial charge in [-0.05, 0) is 24.6 Å². The lowest BCUT2D eigenvalue weighted by Gasteiger charge is -2.07. The van der Waals surface area contributed by atoms with E-state index in [9.17, 15) is 14.7 Å². The van der Waals surface area contributed by atoms with Crippen molar-refractivity contribution in [2.24, 2.45) is 0 Å². The van der Waals surface area contributed by atoms with Crippen LogP contribution in [0.2, 0.25) is 0 Å². The minimum atomic E-state index is -0.674. The van der Waals surface area contributed by atoms with Crippen LogP contribution in [0.1, 0.15) is 68.6 Å². The van der Waals surface area contributed by atoms with Gasteiger partial charge in [0.1, 0.15) is 17.1 Å². The van der Waals surface area contributed by atoms with Crippen LogP contribution in [0.4, 0.5) is 0 Å². The zero-order valence-corrected chi connectivity index (χ0v) is 14.0. The molecule has 5 heteroatoms. The van der Waals surface area contributed by atoms with Crippen molar-refractivity contribution in [1.29, 1.82) is 0 Å². The fourth-order valence-electron chi connectivity index (χ4n) is 2.26. The van der Waals surface area contributed by atoms with Crippen LogP contribution < -0.4 is 4.74 Å². The molecule has 5 nitrogen and oxygen atoms in total. The number of rotatable bonds is 10. The second-order valence-corrected chi connectivity index (χ2v) is 5.52. The number of hydrogen-bond donors (Lipinski definition) is 1. The number of benzene rings is 1. The van der Waals surface area contributed by atoms with E-state index in [-0.39, 0.29) is 23.0 Å². The molecule has 0 aromatic heterocycles. The summed E-state index contributed by atoms with van der Waals surface area (Å²) in [5, 5.41) is 9.59. The summed E-state index contributed by atoms with van der Waals surface area (Å²) in [6.07, 6.45) is 8.27. The molecule has 1 aromatic carbocycles. The van der Waals surface area contributed by atoms with Crippen LogP contribution in [-0.2, 0) is 9.53 Å². The summed E-state index contributed by atoms with van der Waals surface area (Å²) < 4.78 is 9.75. The quantitative estimate of drug-likeness (QED) is 0.396. The van der Waals surface area contributed by atoms with Crippen molar-refractivity contribution in [1.82, 2.24) is 0 Å². The molecule has 0 saturated carbocycles. The Bertz CT molecular complexity index is 510. The van der Waals surface area contributed by atoms with Gasteiger partial charge in [-0.2, -0.15) is 0 Å². The van der Waals surface area contributed by atoms with E-state index in [1.54, 1.807) is 0 Å². The van der Waals surface area contributed by atoms with E-state index >= 15 is 0 Å². The number of ether oxygens (including phenoxy) is 2. The minimum Gasteiger partial charge on any atom is -0.507 e. The molecule has 1 aromatic rings. The Balaban J connectivity index is 2.35. The monoisotopic (exact) mass is 322 g/mol. The number of hydrogen-bond acceptors (Lipinski definition) is 5. The van der Waals surface area contributed by atoms with E-state index in [1.165, 1.54) is 51.0 Å². The molecule has 0 heterocycles. The third-order valence-corrected chi connectivity index (χ3v) is 3.59. The fraction of sp³-hybridized carbons (Fsp3) is 0.556. The van der Waals surface area contributed by atoms with Crippen molar-refractivity contribution in [3.63, 3.8) is 0 Å². The first kappa shape index (κ1) is 19.0. The Hall–Kier alpha value is -2.04. The number of aromatic hydroxyl groups is 1. The molecule has 0 unspecified atom stereocenters. The van der Waals surface area contributed by atoms with Crippen LogP contribution >= 0.6 is 0 Å². The Morgan fingerprint density at radius 1 is 1.04 bits per heavy atom. The SMILES string of the molecule is CCCCCCCCCC(=O)Oc1ccc(O)c(C(=O)OC)c1. The average molecular weight is 322 g/mol. The first-order valence-electron chi connectivity index (χ1n) is 8.20. The maximum absolute atomic E-state index is 11.8. The van der Waals surface area contributed by atoms with Crippen molar-refractivity contribution in [2.45, 2.75) is 58.3 Å². The molecule has 128 valence electrons. The van der Waals surface area contributed by atoms with E-state index in [1.807, 2.05) is 0 Å². The number of carbonyl (C=O) groups is 2. The summed E-state index contributed by atoms with van der Waals surface area (Å²) in [7, 11) is 1.22. The second kappa shape index (κ2) is 10.6. The first-order chi connectivity index (χ1) is 11.1. The van der Waals surface area contributed by atoms with Crippen molar-refractivity contribution >= 4 is 11.9 Å². The Morgan fingerprint density at radius 3 is 2.35 bits per heavy atom. The summed E-state index contributed by atoms with van der Waals surface area (Å²) >= 11 is 0. The van der Waals surface area contributed by atoms with E-state index < -0.39 is 5.97 Å². The third-order valence-electron chi connectivity index (χ3n) is 3.59. The lowest BCUT2D eigenvalue weighted by atomic mass is 10.1. The van der Waals surface area contributed by atoms with E-state index in [2.05, 4.69) is 11.7 Å². The van der Waals surface area contributed by atoms with Crippen LogP contribution in [-0.4, -0.2) is 24.2 Å². The van der Waals surface area contributed by atoms with Crippen LogP contribution in [0.3, 0.4) is 0 Å². The molecule has 0 radical (unpaired) electrons. The zero-order valence-electron chi connectivity index (χ0n) is 14.0. The molecule has 0 bridgehead atoms. The van der Waals surface area contributed by atoms with Gasteiger partial charge in [0.25, 0.3) is 0 Å². The van der Waals surface area contributed by atoms with Gasteiger partial charge in [-0.15, -0.1) is 0 Å².